The second-order valence-electron chi connectivity index (χ2n) is 10.1. The summed E-state index contributed by atoms with van der Waals surface area (Å²) in [5, 5.41) is 0. The predicted octanol–water partition coefficient (Wildman–Crippen LogP) is 3.54. The van der Waals surface area contributed by atoms with Gasteiger partial charge in [-0.25, -0.2) is 26.1 Å². The first-order valence-electron chi connectivity index (χ1n) is 12.1. The molecule has 3 N–H and O–H groups in total. The Morgan fingerprint density at radius 1 is 1.12 bits per heavy atom. The van der Waals surface area contributed by atoms with Crippen molar-refractivity contribution in [3.63, 3.8) is 0 Å². The van der Waals surface area contributed by atoms with Crippen molar-refractivity contribution in [2.45, 2.75) is 54.7 Å². The Morgan fingerprint density at radius 3 is 2.33 bits per heavy atom. The molecule has 0 fully saturated rings. The largest absolute Gasteiger partial charge is 0.598 e. The summed E-state index contributed by atoms with van der Waals surface area (Å²) in [5.41, 5.74) is 0.266. The smallest absolute Gasteiger partial charge is 0.250 e. The minimum absolute atomic E-state index is 0.0460. The van der Waals surface area contributed by atoms with Gasteiger partial charge in [-0.05, 0) is 81.6 Å². The standard InChI is InChI=1S/C26H31F2N3O6S3/c1-16(30-38(33)26(2,3)4)20-13-25(32)31(5)15-22(20)21-12-17(10-11-29-39(34)35)23(28)14-24(21)40(36,37)19-8-6-18(27)7-9-19/h6-9,12-16,29-30H,10-11H2,1-5H3,(H,34,35). The molecule has 0 amide bonds. The molecule has 218 valence electrons. The molecule has 40 heavy (non-hydrogen) atoms. The van der Waals surface area contributed by atoms with Gasteiger partial charge in [0, 0.05) is 48.3 Å². The fourth-order valence-corrected chi connectivity index (χ4v) is 6.41. The Hall–Kier alpha value is -2.46. The van der Waals surface area contributed by atoms with E-state index in [0.29, 0.717) is 5.56 Å². The molecule has 14 heteroatoms. The van der Waals surface area contributed by atoms with Crippen molar-refractivity contribution < 1.29 is 30.5 Å². The summed E-state index contributed by atoms with van der Waals surface area (Å²) < 4.78 is 95.0. The molecule has 1 heterocycles. The topological polar surface area (TPSA) is 141 Å². The lowest BCUT2D eigenvalue weighted by atomic mass is 9.95. The third kappa shape index (κ3) is 7.43. The third-order valence-electron chi connectivity index (χ3n) is 6.04. The summed E-state index contributed by atoms with van der Waals surface area (Å²) in [6.07, 6.45) is 1.35. The quantitative estimate of drug-likeness (QED) is 0.180. The average Bonchev–Trinajstić information content (AvgIpc) is 2.85. The first-order valence-corrected chi connectivity index (χ1v) is 15.8. The van der Waals surface area contributed by atoms with Crippen molar-refractivity contribution in [1.82, 2.24) is 14.0 Å². The lowest BCUT2D eigenvalue weighted by Crippen LogP contribution is -2.41. The fraction of sp³-hybridized carbons (Fsp3) is 0.346. The van der Waals surface area contributed by atoms with Crippen LogP contribution in [0.25, 0.3) is 11.1 Å². The van der Waals surface area contributed by atoms with Crippen molar-refractivity contribution in [2.75, 3.05) is 6.54 Å². The van der Waals surface area contributed by atoms with E-state index in [1.807, 2.05) is 0 Å². The Morgan fingerprint density at radius 2 is 1.75 bits per heavy atom. The molecule has 3 rings (SSSR count). The number of nitrogens with zero attached hydrogens (tertiary/aromatic N) is 1. The van der Waals surface area contributed by atoms with Gasteiger partial charge >= 0.3 is 0 Å². The maximum Gasteiger partial charge on any atom is 0.250 e. The van der Waals surface area contributed by atoms with Gasteiger partial charge in [0.15, 0.2) is 0 Å². The van der Waals surface area contributed by atoms with E-state index in [2.05, 4.69) is 9.44 Å². The molecule has 3 aromatic rings. The van der Waals surface area contributed by atoms with Crippen LogP contribution in [0.5, 0.6) is 0 Å². The molecule has 0 aliphatic heterocycles. The van der Waals surface area contributed by atoms with Crippen LogP contribution in [0.15, 0.2) is 63.2 Å². The van der Waals surface area contributed by atoms with E-state index in [0.717, 1.165) is 30.3 Å². The van der Waals surface area contributed by atoms with E-state index in [4.69, 9.17) is 4.55 Å². The number of pyridine rings is 1. The summed E-state index contributed by atoms with van der Waals surface area (Å²) >= 11 is -3.88. The van der Waals surface area contributed by atoms with Gasteiger partial charge in [0.25, 0.3) is 5.56 Å². The average molecular weight is 616 g/mol. The van der Waals surface area contributed by atoms with Gasteiger partial charge in [-0.1, -0.05) is 0 Å². The highest BCUT2D eigenvalue weighted by molar-refractivity contribution is 7.91. The molecule has 3 unspecified atom stereocenters. The molecule has 2 aromatic carbocycles. The van der Waals surface area contributed by atoms with E-state index >= 15 is 4.39 Å². The number of hydrogen-bond acceptors (Lipinski definition) is 6. The minimum Gasteiger partial charge on any atom is -0.598 e. The minimum atomic E-state index is -4.40. The third-order valence-corrected chi connectivity index (χ3v) is 9.98. The molecule has 0 aliphatic carbocycles. The molecular weight excluding hydrogens is 584 g/mol. The number of nitrogens with one attached hydrogen (secondary N) is 2. The van der Waals surface area contributed by atoms with Crippen molar-refractivity contribution in [3.8, 4) is 11.1 Å². The molecule has 0 saturated carbocycles. The second-order valence-corrected chi connectivity index (χ2v) is 14.8. The number of aromatic nitrogens is 1. The van der Waals surface area contributed by atoms with Crippen LogP contribution in [-0.4, -0.2) is 37.6 Å². The molecule has 9 nitrogen and oxygen atoms in total. The van der Waals surface area contributed by atoms with Gasteiger partial charge < -0.3 is 9.12 Å². The zero-order valence-corrected chi connectivity index (χ0v) is 25.0. The molecule has 0 saturated heterocycles. The first-order chi connectivity index (χ1) is 18.5. The van der Waals surface area contributed by atoms with Gasteiger partial charge in [-0.15, -0.1) is 4.72 Å². The molecule has 0 spiro atoms. The summed E-state index contributed by atoms with van der Waals surface area (Å²) in [7, 11) is -2.93. The van der Waals surface area contributed by atoms with Gasteiger partial charge in [0.2, 0.25) is 21.1 Å². The van der Waals surface area contributed by atoms with E-state index in [1.54, 1.807) is 27.7 Å². The Bertz CT molecular complexity index is 1570. The second kappa shape index (κ2) is 12.6. The lowest BCUT2D eigenvalue weighted by molar-refractivity contribution is 0.531. The number of benzene rings is 2. The normalized spacial score (nSPS) is 14.6. The van der Waals surface area contributed by atoms with Crippen LogP contribution in [0.2, 0.25) is 0 Å². The van der Waals surface area contributed by atoms with Crippen LogP contribution in [0.1, 0.15) is 44.9 Å². The fourth-order valence-electron chi connectivity index (χ4n) is 3.87. The Balaban J connectivity index is 2.31. The SMILES string of the molecule is CC(N[S+]([O-])C(C)(C)C)c1cc(=O)n(C)cc1-c1cc(CCNS(=O)O)c(F)cc1S(=O)(=O)c1ccc(F)cc1. The highest BCUT2D eigenvalue weighted by atomic mass is 32.2. The van der Waals surface area contributed by atoms with Crippen LogP contribution < -0.4 is 15.0 Å². The zero-order valence-electron chi connectivity index (χ0n) is 22.5. The van der Waals surface area contributed by atoms with Crippen LogP contribution in [0.4, 0.5) is 8.78 Å². The van der Waals surface area contributed by atoms with E-state index in [9.17, 15) is 26.4 Å². The van der Waals surface area contributed by atoms with Crippen molar-refractivity contribution >= 4 is 32.5 Å². The van der Waals surface area contributed by atoms with Gasteiger partial charge in [-0.2, -0.15) is 0 Å². The molecule has 3 atom stereocenters. The zero-order chi connectivity index (χ0) is 30.0. The van der Waals surface area contributed by atoms with Crippen LogP contribution in [-0.2, 0) is 45.9 Å². The number of aryl methyl sites for hydroxylation is 1. The summed E-state index contributed by atoms with van der Waals surface area (Å²) in [6.45, 7) is 6.87. The van der Waals surface area contributed by atoms with E-state index in [-0.39, 0.29) is 34.6 Å². The van der Waals surface area contributed by atoms with E-state index in [1.165, 1.54) is 29.9 Å². The first kappa shape index (κ1) is 32.1. The number of rotatable bonds is 10. The number of hydrogen-bond donors (Lipinski definition) is 3. The molecule has 0 bridgehead atoms. The van der Waals surface area contributed by atoms with Gasteiger partial charge in [-0.3, -0.25) is 9.35 Å². The van der Waals surface area contributed by atoms with Crippen molar-refractivity contribution in [1.29, 1.82) is 0 Å². The molecule has 0 radical (unpaired) electrons. The van der Waals surface area contributed by atoms with Gasteiger partial charge in [0.05, 0.1) is 15.8 Å². The highest BCUT2D eigenvalue weighted by Gasteiger charge is 2.31. The Kier molecular flexibility index (Phi) is 10.1. The Labute approximate surface area is 237 Å². The maximum atomic E-state index is 15.3. The highest BCUT2D eigenvalue weighted by Crippen LogP contribution is 2.37. The summed E-state index contributed by atoms with van der Waals surface area (Å²) in [5.74, 6) is -1.53. The monoisotopic (exact) mass is 615 g/mol. The molecular formula is C26H31F2N3O6S3. The summed E-state index contributed by atoms with van der Waals surface area (Å²) in [4.78, 5) is 12.0. The van der Waals surface area contributed by atoms with Gasteiger partial charge in [0.1, 0.15) is 16.4 Å². The predicted molar refractivity (Wildman–Crippen MR) is 151 cm³/mol. The van der Waals surface area contributed by atoms with Crippen molar-refractivity contribution in [2.24, 2.45) is 7.05 Å². The van der Waals surface area contributed by atoms with Crippen molar-refractivity contribution in [3.05, 3.63) is 81.8 Å². The maximum absolute atomic E-state index is 15.3. The molecule has 0 aliphatic rings. The van der Waals surface area contributed by atoms with Crippen LogP contribution in [0, 0.1) is 11.6 Å². The summed E-state index contributed by atoms with van der Waals surface area (Å²) in [6, 6.07) is 6.84. The lowest BCUT2D eigenvalue weighted by Gasteiger charge is -2.27. The van der Waals surface area contributed by atoms with Crippen LogP contribution in [0.3, 0.4) is 0 Å². The number of halogens is 2. The van der Waals surface area contributed by atoms with Crippen LogP contribution >= 0.6 is 0 Å². The number of sulfone groups is 1. The van der Waals surface area contributed by atoms with E-state index < -0.39 is 65.3 Å². The molecule has 1 aromatic heterocycles.